The lowest BCUT2D eigenvalue weighted by molar-refractivity contribution is -0.113. The van der Waals surface area contributed by atoms with Gasteiger partial charge in [-0.25, -0.2) is 0 Å². The molecule has 10 heteroatoms. The largest absolute Gasteiger partial charge is 0.489 e. The number of amides is 1. The van der Waals surface area contributed by atoms with E-state index in [1.807, 2.05) is 43.3 Å². The number of nitrogens with zero attached hydrogens (tertiary/aromatic N) is 4. The van der Waals surface area contributed by atoms with Crippen molar-refractivity contribution in [1.82, 2.24) is 19.2 Å². The molecule has 0 atom stereocenters. The van der Waals surface area contributed by atoms with Crippen LogP contribution in [0.2, 0.25) is 0 Å². The summed E-state index contributed by atoms with van der Waals surface area (Å²) >= 11 is 1.24. The predicted molar refractivity (Wildman–Crippen MR) is 133 cm³/mol. The van der Waals surface area contributed by atoms with Gasteiger partial charge in [0.2, 0.25) is 11.7 Å². The first-order chi connectivity index (χ1) is 16.5. The van der Waals surface area contributed by atoms with Gasteiger partial charge in [-0.1, -0.05) is 36.0 Å². The van der Waals surface area contributed by atoms with Gasteiger partial charge in [-0.05, 0) is 36.8 Å². The summed E-state index contributed by atoms with van der Waals surface area (Å²) in [7, 11) is 1.60. The fourth-order valence-electron chi connectivity index (χ4n) is 3.52. The maximum atomic E-state index is 12.9. The number of hydrogen-bond acceptors (Lipinski definition) is 7. The van der Waals surface area contributed by atoms with Gasteiger partial charge in [-0.3, -0.25) is 18.6 Å². The van der Waals surface area contributed by atoms with Crippen LogP contribution in [0.15, 0.2) is 65.1 Å². The molecule has 2 heterocycles. The summed E-state index contributed by atoms with van der Waals surface area (Å²) in [5, 5.41) is 12.4. The molecule has 0 fully saturated rings. The van der Waals surface area contributed by atoms with Gasteiger partial charge in [0, 0.05) is 13.7 Å². The number of nitrogens with one attached hydrogen (secondary N) is 1. The Morgan fingerprint density at radius 2 is 2.03 bits per heavy atom. The zero-order chi connectivity index (χ0) is 24.1. The molecule has 0 radical (unpaired) electrons. The molecule has 4 rings (SSSR count). The zero-order valence-electron chi connectivity index (χ0n) is 19.0. The summed E-state index contributed by atoms with van der Waals surface area (Å²) in [6.45, 7) is 6.81. The van der Waals surface area contributed by atoms with E-state index in [0.29, 0.717) is 53.0 Å². The van der Waals surface area contributed by atoms with Crippen LogP contribution in [0.5, 0.6) is 5.75 Å². The Morgan fingerprint density at radius 1 is 1.21 bits per heavy atom. The van der Waals surface area contributed by atoms with Crippen LogP contribution >= 0.6 is 11.8 Å². The second-order valence-electron chi connectivity index (χ2n) is 7.52. The van der Waals surface area contributed by atoms with Crippen LogP contribution in [-0.4, -0.2) is 51.1 Å². The number of carbonyl (C=O) groups is 1. The van der Waals surface area contributed by atoms with E-state index in [4.69, 9.17) is 9.47 Å². The second-order valence-corrected chi connectivity index (χ2v) is 8.46. The minimum Gasteiger partial charge on any atom is -0.489 e. The molecule has 1 N–H and O–H groups in total. The average Bonchev–Trinajstić information content (AvgIpc) is 3.26. The van der Waals surface area contributed by atoms with Crippen molar-refractivity contribution in [1.29, 1.82) is 0 Å². The molecular weight excluding hydrogens is 454 g/mol. The quantitative estimate of drug-likeness (QED) is 0.212. The molecule has 176 valence electrons. The highest BCUT2D eigenvalue weighted by Gasteiger charge is 2.17. The number of carbonyl (C=O) groups excluding carboxylic acids is 1. The summed E-state index contributed by atoms with van der Waals surface area (Å²) in [6.07, 6.45) is 1.64. The van der Waals surface area contributed by atoms with E-state index < -0.39 is 0 Å². The van der Waals surface area contributed by atoms with Crippen LogP contribution in [-0.2, 0) is 16.1 Å². The number of hydrogen-bond donors (Lipinski definition) is 1. The molecule has 0 aliphatic carbocycles. The van der Waals surface area contributed by atoms with Crippen molar-refractivity contribution < 1.29 is 14.3 Å². The smallest absolute Gasteiger partial charge is 0.263 e. The van der Waals surface area contributed by atoms with E-state index in [1.54, 1.807) is 23.7 Å². The van der Waals surface area contributed by atoms with Gasteiger partial charge in [0.05, 0.1) is 29.0 Å². The molecule has 0 spiro atoms. The van der Waals surface area contributed by atoms with Crippen molar-refractivity contribution in [2.75, 3.05) is 31.4 Å². The molecule has 0 saturated carbocycles. The first-order valence-electron chi connectivity index (χ1n) is 10.7. The maximum absolute atomic E-state index is 12.9. The number of methoxy groups -OCH3 is 1. The molecule has 0 saturated heterocycles. The van der Waals surface area contributed by atoms with Crippen molar-refractivity contribution >= 4 is 40.0 Å². The summed E-state index contributed by atoms with van der Waals surface area (Å²) in [6, 6.07) is 12.9. The Labute approximate surface area is 200 Å². The molecule has 34 heavy (non-hydrogen) atoms. The topological polar surface area (TPSA) is 99.8 Å². The summed E-state index contributed by atoms with van der Waals surface area (Å²) in [5.74, 6) is 0.869. The Balaban J connectivity index is 1.57. The number of rotatable bonds is 10. The Hall–Kier alpha value is -3.63. The first-order valence-corrected chi connectivity index (χ1v) is 11.6. The minimum absolute atomic E-state index is 0.0983. The zero-order valence-corrected chi connectivity index (χ0v) is 19.8. The summed E-state index contributed by atoms with van der Waals surface area (Å²) in [4.78, 5) is 25.7. The normalized spacial score (nSPS) is 11.1. The molecule has 1 amide bonds. The van der Waals surface area contributed by atoms with E-state index >= 15 is 0 Å². The molecule has 2 aromatic carbocycles. The molecule has 2 aromatic heterocycles. The van der Waals surface area contributed by atoms with Crippen molar-refractivity contribution in [3.8, 4) is 5.75 Å². The molecule has 0 aliphatic heterocycles. The predicted octanol–water partition coefficient (Wildman–Crippen LogP) is 3.29. The van der Waals surface area contributed by atoms with Crippen molar-refractivity contribution in [2.24, 2.45) is 0 Å². The number of aryl methyl sites for hydroxylation is 1. The SMILES string of the molecule is C=CCn1c(=O)c2ccccc2n2c(SCC(=O)Nc3ccc(C)cc3OCCOC)nnc12. The second kappa shape index (κ2) is 10.5. The molecule has 4 aromatic rings. The summed E-state index contributed by atoms with van der Waals surface area (Å²) in [5.41, 5.74) is 2.13. The van der Waals surface area contributed by atoms with Gasteiger partial charge in [-0.2, -0.15) is 0 Å². The standard InChI is InChI=1S/C24H25N5O4S/c1-4-11-28-22(31)17-7-5-6-8-19(17)29-23(28)26-27-24(29)34-15-21(30)25-18-10-9-16(2)14-20(18)33-13-12-32-3/h4-10,14H,1,11-13,15H2,2-3H3,(H,25,30). The number of benzene rings is 2. The van der Waals surface area contributed by atoms with Gasteiger partial charge >= 0.3 is 0 Å². The maximum Gasteiger partial charge on any atom is 0.263 e. The van der Waals surface area contributed by atoms with Crippen LogP contribution in [0, 0.1) is 6.92 Å². The minimum atomic E-state index is -0.217. The molecule has 0 aliphatic rings. The lowest BCUT2D eigenvalue weighted by Gasteiger charge is -2.13. The Morgan fingerprint density at radius 3 is 2.82 bits per heavy atom. The van der Waals surface area contributed by atoms with Crippen LogP contribution < -0.4 is 15.6 Å². The van der Waals surface area contributed by atoms with Crippen LogP contribution in [0.3, 0.4) is 0 Å². The van der Waals surface area contributed by atoms with E-state index in [0.717, 1.165) is 5.56 Å². The third-order valence-corrected chi connectivity index (χ3v) is 6.01. The Kier molecular flexibility index (Phi) is 7.29. The van der Waals surface area contributed by atoms with E-state index in [-0.39, 0.29) is 17.2 Å². The molecule has 0 bridgehead atoms. The van der Waals surface area contributed by atoms with Crippen LogP contribution in [0.1, 0.15) is 5.56 Å². The van der Waals surface area contributed by atoms with Crippen molar-refractivity contribution in [2.45, 2.75) is 18.6 Å². The number of fused-ring (bicyclic) bond motifs is 3. The molecule has 9 nitrogen and oxygen atoms in total. The lowest BCUT2D eigenvalue weighted by atomic mass is 10.2. The third-order valence-electron chi connectivity index (χ3n) is 5.08. The Bertz CT molecular complexity index is 1410. The van der Waals surface area contributed by atoms with Gasteiger partial charge in [0.25, 0.3) is 5.56 Å². The first kappa shape index (κ1) is 23.5. The monoisotopic (exact) mass is 479 g/mol. The van der Waals surface area contributed by atoms with E-state index in [9.17, 15) is 9.59 Å². The summed E-state index contributed by atoms with van der Waals surface area (Å²) < 4.78 is 14.1. The highest BCUT2D eigenvalue weighted by molar-refractivity contribution is 7.99. The van der Waals surface area contributed by atoms with Gasteiger partial charge in [0.15, 0.2) is 5.16 Å². The van der Waals surface area contributed by atoms with Crippen LogP contribution in [0.4, 0.5) is 5.69 Å². The van der Waals surface area contributed by atoms with Crippen LogP contribution in [0.25, 0.3) is 16.7 Å². The van der Waals surface area contributed by atoms with Crippen molar-refractivity contribution in [3.05, 3.63) is 71.0 Å². The fraction of sp³-hybridized carbons (Fsp3) is 0.250. The average molecular weight is 480 g/mol. The molecule has 0 unspecified atom stereocenters. The lowest BCUT2D eigenvalue weighted by Crippen LogP contribution is -2.22. The third kappa shape index (κ3) is 4.82. The van der Waals surface area contributed by atoms with Gasteiger partial charge in [0.1, 0.15) is 12.4 Å². The number of thioether (sulfide) groups is 1. The number of allylic oxidation sites excluding steroid dienone is 1. The number of aromatic nitrogens is 4. The highest BCUT2D eigenvalue weighted by Crippen LogP contribution is 2.27. The molecular formula is C24H25N5O4S. The number of ether oxygens (including phenoxy) is 2. The van der Waals surface area contributed by atoms with E-state index in [2.05, 4.69) is 22.1 Å². The fourth-order valence-corrected chi connectivity index (χ4v) is 4.26. The number of anilines is 1. The van der Waals surface area contributed by atoms with Crippen molar-refractivity contribution in [3.63, 3.8) is 0 Å². The van der Waals surface area contributed by atoms with Gasteiger partial charge < -0.3 is 14.8 Å². The highest BCUT2D eigenvalue weighted by atomic mass is 32.2. The van der Waals surface area contributed by atoms with E-state index in [1.165, 1.54) is 16.3 Å². The van der Waals surface area contributed by atoms with Gasteiger partial charge in [-0.15, -0.1) is 16.8 Å². The number of para-hydroxylation sites is 1.